The lowest BCUT2D eigenvalue weighted by Crippen LogP contribution is -1.89. The van der Waals surface area contributed by atoms with Crippen LogP contribution < -0.4 is 0 Å². The zero-order valence-corrected chi connectivity index (χ0v) is 8.94. The third-order valence-corrected chi connectivity index (χ3v) is 1.85. The first-order valence-corrected chi connectivity index (χ1v) is 4.90. The van der Waals surface area contributed by atoms with E-state index >= 15 is 0 Å². The standard InChI is InChI=1S/C10H10N2.C2H6/c1-12-8-7-11-10(12)9-5-3-2-4-6-9;1-2/h2-8H,1H3;1-2H3. The molecule has 0 aliphatic rings. The van der Waals surface area contributed by atoms with Crippen LogP contribution in [0.4, 0.5) is 0 Å². The first-order valence-electron chi connectivity index (χ1n) is 4.90. The molecule has 1 aromatic carbocycles. The van der Waals surface area contributed by atoms with E-state index in [4.69, 9.17) is 0 Å². The maximum atomic E-state index is 4.25. The quantitative estimate of drug-likeness (QED) is 0.672. The normalized spacial score (nSPS) is 9.07. The van der Waals surface area contributed by atoms with Gasteiger partial charge in [0.15, 0.2) is 0 Å². The maximum absolute atomic E-state index is 4.25. The largest absolute Gasteiger partial charge is 0.334 e. The molecule has 0 fully saturated rings. The summed E-state index contributed by atoms with van der Waals surface area (Å²) >= 11 is 0. The summed E-state index contributed by atoms with van der Waals surface area (Å²) < 4.78 is 2.01. The van der Waals surface area contributed by atoms with Crippen molar-refractivity contribution in [2.75, 3.05) is 0 Å². The van der Waals surface area contributed by atoms with Gasteiger partial charge in [0.2, 0.25) is 0 Å². The van der Waals surface area contributed by atoms with Gasteiger partial charge in [-0.3, -0.25) is 0 Å². The van der Waals surface area contributed by atoms with Crippen LogP contribution in [0.25, 0.3) is 11.4 Å². The van der Waals surface area contributed by atoms with Gasteiger partial charge in [-0.15, -0.1) is 0 Å². The lowest BCUT2D eigenvalue weighted by atomic mass is 10.2. The Labute approximate surface area is 85.2 Å². The Morgan fingerprint density at radius 2 is 1.71 bits per heavy atom. The molecule has 2 rings (SSSR count). The van der Waals surface area contributed by atoms with Gasteiger partial charge in [-0.1, -0.05) is 44.2 Å². The van der Waals surface area contributed by atoms with E-state index in [1.807, 2.05) is 56.1 Å². The summed E-state index contributed by atoms with van der Waals surface area (Å²) in [6, 6.07) is 10.2. The molecule has 14 heavy (non-hydrogen) atoms. The summed E-state index contributed by atoms with van der Waals surface area (Å²) in [7, 11) is 2.00. The molecule has 0 spiro atoms. The Kier molecular flexibility index (Phi) is 3.92. The molecular weight excluding hydrogens is 172 g/mol. The number of aromatic nitrogens is 2. The van der Waals surface area contributed by atoms with Crippen LogP contribution in [0.5, 0.6) is 0 Å². The Bertz CT molecular complexity index is 363. The van der Waals surface area contributed by atoms with Crippen molar-refractivity contribution in [1.82, 2.24) is 9.55 Å². The molecule has 2 nitrogen and oxygen atoms in total. The summed E-state index contributed by atoms with van der Waals surface area (Å²) in [6.45, 7) is 4.00. The van der Waals surface area contributed by atoms with Crippen molar-refractivity contribution in [1.29, 1.82) is 0 Å². The van der Waals surface area contributed by atoms with Crippen molar-refractivity contribution in [3.8, 4) is 11.4 Å². The summed E-state index contributed by atoms with van der Waals surface area (Å²) in [5, 5.41) is 0. The van der Waals surface area contributed by atoms with Crippen LogP contribution in [0.3, 0.4) is 0 Å². The van der Waals surface area contributed by atoms with Gasteiger partial charge in [0.25, 0.3) is 0 Å². The molecule has 0 aliphatic carbocycles. The van der Waals surface area contributed by atoms with Crippen molar-refractivity contribution in [3.63, 3.8) is 0 Å². The number of benzene rings is 1. The SMILES string of the molecule is CC.Cn1ccnc1-c1ccccc1. The fourth-order valence-electron chi connectivity index (χ4n) is 1.23. The molecule has 74 valence electrons. The minimum absolute atomic E-state index is 1.01. The second kappa shape index (κ2) is 5.22. The van der Waals surface area contributed by atoms with E-state index in [0.717, 1.165) is 11.4 Å². The van der Waals surface area contributed by atoms with Crippen molar-refractivity contribution in [3.05, 3.63) is 42.7 Å². The molecule has 1 heterocycles. The average Bonchev–Trinajstić information content (AvgIpc) is 2.69. The Balaban J connectivity index is 0.000000461. The number of nitrogens with zero attached hydrogens (tertiary/aromatic N) is 2. The number of hydrogen-bond donors (Lipinski definition) is 0. The number of aryl methyl sites for hydroxylation is 1. The van der Waals surface area contributed by atoms with Crippen LogP contribution in [-0.2, 0) is 7.05 Å². The molecule has 0 atom stereocenters. The zero-order valence-electron chi connectivity index (χ0n) is 8.94. The van der Waals surface area contributed by atoms with Crippen molar-refractivity contribution in [2.45, 2.75) is 13.8 Å². The molecule has 0 saturated heterocycles. The smallest absolute Gasteiger partial charge is 0.139 e. The summed E-state index contributed by atoms with van der Waals surface area (Å²) in [4.78, 5) is 4.25. The van der Waals surface area contributed by atoms with E-state index in [9.17, 15) is 0 Å². The Morgan fingerprint density at radius 1 is 1.07 bits per heavy atom. The molecule has 0 radical (unpaired) electrons. The van der Waals surface area contributed by atoms with Gasteiger partial charge in [-0.05, 0) is 0 Å². The highest BCUT2D eigenvalue weighted by Crippen LogP contribution is 2.14. The van der Waals surface area contributed by atoms with Crippen LogP contribution in [-0.4, -0.2) is 9.55 Å². The summed E-state index contributed by atoms with van der Waals surface area (Å²) in [5.74, 6) is 1.01. The van der Waals surface area contributed by atoms with E-state index in [1.165, 1.54) is 0 Å². The topological polar surface area (TPSA) is 17.8 Å². The van der Waals surface area contributed by atoms with E-state index in [0.29, 0.717) is 0 Å². The van der Waals surface area contributed by atoms with Gasteiger partial charge in [0.05, 0.1) is 0 Å². The fraction of sp³-hybridized carbons (Fsp3) is 0.250. The third kappa shape index (κ3) is 2.22. The molecule has 0 unspecified atom stereocenters. The van der Waals surface area contributed by atoms with Crippen molar-refractivity contribution < 1.29 is 0 Å². The lowest BCUT2D eigenvalue weighted by Gasteiger charge is -1.99. The van der Waals surface area contributed by atoms with E-state index in [-0.39, 0.29) is 0 Å². The van der Waals surface area contributed by atoms with Crippen LogP contribution >= 0.6 is 0 Å². The molecule has 0 aliphatic heterocycles. The van der Waals surface area contributed by atoms with Gasteiger partial charge in [0.1, 0.15) is 5.82 Å². The summed E-state index contributed by atoms with van der Waals surface area (Å²) in [6.07, 6.45) is 3.75. The van der Waals surface area contributed by atoms with Gasteiger partial charge in [0, 0.05) is 25.0 Å². The van der Waals surface area contributed by atoms with E-state index in [1.54, 1.807) is 0 Å². The van der Waals surface area contributed by atoms with Gasteiger partial charge in [-0.2, -0.15) is 0 Å². The van der Waals surface area contributed by atoms with Gasteiger partial charge in [-0.25, -0.2) is 4.98 Å². The van der Waals surface area contributed by atoms with Crippen LogP contribution in [0.2, 0.25) is 0 Å². The number of hydrogen-bond acceptors (Lipinski definition) is 1. The molecular formula is C12H16N2. The minimum Gasteiger partial charge on any atom is -0.334 e. The Morgan fingerprint density at radius 3 is 2.21 bits per heavy atom. The maximum Gasteiger partial charge on any atom is 0.139 e. The van der Waals surface area contributed by atoms with E-state index in [2.05, 4.69) is 17.1 Å². The first-order chi connectivity index (χ1) is 6.88. The Hall–Kier alpha value is -1.57. The predicted molar refractivity (Wildman–Crippen MR) is 60.0 cm³/mol. The average molecular weight is 188 g/mol. The molecule has 0 bridgehead atoms. The lowest BCUT2D eigenvalue weighted by molar-refractivity contribution is 0.925. The molecule has 0 N–H and O–H groups in total. The highest BCUT2D eigenvalue weighted by Gasteiger charge is 1.99. The van der Waals surface area contributed by atoms with Crippen molar-refractivity contribution in [2.24, 2.45) is 7.05 Å². The third-order valence-electron chi connectivity index (χ3n) is 1.85. The highest BCUT2D eigenvalue weighted by molar-refractivity contribution is 5.54. The zero-order chi connectivity index (χ0) is 10.4. The molecule has 0 saturated carbocycles. The van der Waals surface area contributed by atoms with Crippen LogP contribution in [0.1, 0.15) is 13.8 Å². The fourth-order valence-corrected chi connectivity index (χ4v) is 1.23. The molecule has 2 heteroatoms. The van der Waals surface area contributed by atoms with Crippen LogP contribution in [0, 0.1) is 0 Å². The first kappa shape index (κ1) is 10.5. The summed E-state index contributed by atoms with van der Waals surface area (Å²) in [5.41, 5.74) is 1.16. The molecule has 1 aromatic heterocycles. The number of rotatable bonds is 1. The highest BCUT2D eigenvalue weighted by atomic mass is 15.0. The second-order valence-electron chi connectivity index (χ2n) is 2.73. The minimum atomic E-state index is 1.01. The molecule has 0 amide bonds. The van der Waals surface area contributed by atoms with Gasteiger partial charge >= 0.3 is 0 Å². The van der Waals surface area contributed by atoms with Gasteiger partial charge < -0.3 is 4.57 Å². The van der Waals surface area contributed by atoms with Crippen LogP contribution in [0.15, 0.2) is 42.7 Å². The van der Waals surface area contributed by atoms with E-state index < -0.39 is 0 Å². The monoisotopic (exact) mass is 188 g/mol. The second-order valence-corrected chi connectivity index (χ2v) is 2.73. The number of imidazole rings is 1. The predicted octanol–water partition coefficient (Wildman–Crippen LogP) is 3.11. The molecule has 2 aromatic rings. The van der Waals surface area contributed by atoms with Crippen molar-refractivity contribution >= 4 is 0 Å².